The second kappa shape index (κ2) is 5.18. The van der Waals surface area contributed by atoms with Crippen molar-refractivity contribution in [2.24, 2.45) is 5.11 Å². The average Bonchev–Trinajstić information content (AvgIpc) is 2.80. The molecule has 1 atom stereocenters. The standard InChI is InChI=1S/C13H14N2O2S/c1-8(15-14)11-7-18-13(12(11)16)9-3-5-10(17-2)6-4-9/h3-8,14,16H,1-2H3. The number of benzene rings is 1. The summed E-state index contributed by atoms with van der Waals surface area (Å²) in [5.74, 6) is 0.998. The van der Waals surface area contributed by atoms with Crippen LogP contribution in [0.2, 0.25) is 0 Å². The topological polar surface area (TPSA) is 65.7 Å². The van der Waals surface area contributed by atoms with Gasteiger partial charge in [0.05, 0.1) is 18.0 Å². The van der Waals surface area contributed by atoms with Crippen LogP contribution in [-0.2, 0) is 0 Å². The van der Waals surface area contributed by atoms with E-state index in [-0.39, 0.29) is 11.8 Å². The van der Waals surface area contributed by atoms with Gasteiger partial charge in [0.25, 0.3) is 0 Å². The van der Waals surface area contributed by atoms with Gasteiger partial charge >= 0.3 is 0 Å². The summed E-state index contributed by atoms with van der Waals surface area (Å²) < 4.78 is 5.10. The monoisotopic (exact) mass is 262 g/mol. The molecule has 5 heteroatoms. The molecule has 0 radical (unpaired) electrons. The Labute approximate surface area is 109 Å². The number of nitrogens with one attached hydrogen (secondary N) is 1. The highest BCUT2D eigenvalue weighted by atomic mass is 32.1. The minimum atomic E-state index is -0.312. The van der Waals surface area contributed by atoms with E-state index < -0.39 is 0 Å². The molecule has 0 saturated heterocycles. The molecular weight excluding hydrogens is 248 g/mol. The molecule has 0 spiro atoms. The summed E-state index contributed by atoms with van der Waals surface area (Å²) in [5.41, 5.74) is 8.64. The van der Waals surface area contributed by atoms with Crippen molar-refractivity contribution in [3.63, 3.8) is 0 Å². The van der Waals surface area contributed by atoms with Crippen molar-refractivity contribution < 1.29 is 9.84 Å². The summed E-state index contributed by atoms with van der Waals surface area (Å²) >= 11 is 1.45. The highest BCUT2D eigenvalue weighted by Crippen LogP contribution is 2.42. The minimum Gasteiger partial charge on any atom is -0.506 e. The van der Waals surface area contributed by atoms with Crippen molar-refractivity contribution in [2.45, 2.75) is 13.0 Å². The maximum atomic E-state index is 10.1. The Balaban J connectivity index is 2.38. The van der Waals surface area contributed by atoms with Crippen LogP contribution in [0.25, 0.3) is 10.4 Å². The number of hydrogen-bond donors (Lipinski definition) is 2. The molecule has 0 fully saturated rings. The lowest BCUT2D eigenvalue weighted by molar-refractivity contribution is 0.415. The fraction of sp³-hybridized carbons (Fsp3) is 0.231. The fourth-order valence-electron chi connectivity index (χ4n) is 1.68. The second-order valence-corrected chi connectivity index (χ2v) is 4.78. The van der Waals surface area contributed by atoms with E-state index in [2.05, 4.69) is 5.11 Å². The first-order valence-electron chi connectivity index (χ1n) is 5.48. The Morgan fingerprint density at radius 1 is 1.33 bits per heavy atom. The number of aromatic hydroxyl groups is 1. The van der Waals surface area contributed by atoms with E-state index in [1.807, 2.05) is 29.6 Å². The molecule has 0 saturated carbocycles. The van der Waals surface area contributed by atoms with E-state index in [9.17, 15) is 5.11 Å². The predicted octanol–water partition coefficient (Wildman–Crippen LogP) is 4.22. The van der Waals surface area contributed by atoms with Crippen molar-refractivity contribution >= 4 is 11.3 Å². The fourth-order valence-corrected chi connectivity index (χ4v) is 2.73. The molecule has 2 N–H and O–H groups in total. The van der Waals surface area contributed by atoms with Gasteiger partial charge in [-0.05, 0) is 36.8 Å². The van der Waals surface area contributed by atoms with Crippen LogP contribution in [0.5, 0.6) is 11.5 Å². The highest BCUT2D eigenvalue weighted by molar-refractivity contribution is 7.14. The van der Waals surface area contributed by atoms with Gasteiger partial charge in [-0.3, -0.25) is 0 Å². The summed E-state index contributed by atoms with van der Waals surface area (Å²) in [6, 6.07) is 7.19. The average molecular weight is 262 g/mol. The van der Waals surface area contributed by atoms with Crippen molar-refractivity contribution in [3.8, 4) is 21.9 Å². The quantitative estimate of drug-likeness (QED) is 0.810. The van der Waals surface area contributed by atoms with Crippen molar-refractivity contribution in [1.29, 1.82) is 5.53 Å². The highest BCUT2D eigenvalue weighted by Gasteiger charge is 2.16. The summed E-state index contributed by atoms with van der Waals surface area (Å²) in [5, 5.41) is 15.4. The number of nitrogens with zero attached hydrogens (tertiary/aromatic N) is 1. The van der Waals surface area contributed by atoms with E-state index >= 15 is 0 Å². The maximum Gasteiger partial charge on any atom is 0.139 e. The predicted molar refractivity (Wildman–Crippen MR) is 71.5 cm³/mol. The Kier molecular flexibility index (Phi) is 3.62. The van der Waals surface area contributed by atoms with Gasteiger partial charge in [0.1, 0.15) is 11.5 Å². The van der Waals surface area contributed by atoms with Gasteiger partial charge in [-0.1, -0.05) is 0 Å². The van der Waals surface area contributed by atoms with E-state index in [1.54, 1.807) is 14.0 Å². The molecule has 2 rings (SSSR count). The van der Waals surface area contributed by atoms with Crippen molar-refractivity contribution in [1.82, 2.24) is 0 Å². The first-order valence-corrected chi connectivity index (χ1v) is 6.36. The summed E-state index contributed by atoms with van der Waals surface area (Å²) in [6.45, 7) is 1.78. The molecule has 0 aliphatic heterocycles. The van der Waals surface area contributed by atoms with Crippen LogP contribution in [0.3, 0.4) is 0 Å². The van der Waals surface area contributed by atoms with Gasteiger partial charge in [-0.2, -0.15) is 5.11 Å². The number of thiophene rings is 1. The first kappa shape index (κ1) is 12.6. The van der Waals surface area contributed by atoms with Gasteiger partial charge < -0.3 is 9.84 Å². The van der Waals surface area contributed by atoms with E-state index in [4.69, 9.17) is 10.3 Å². The Morgan fingerprint density at radius 2 is 2.00 bits per heavy atom. The lowest BCUT2D eigenvalue weighted by atomic mass is 10.1. The molecule has 4 nitrogen and oxygen atoms in total. The summed E-state index contributed by atoms with van der Waals surface area (Å²) in [4.78, 5) is 0.795. The molecule has 2 aromatic rings. The van der Waals surface area contributed by atoms with Crippen molar-refractivity contribution in [3.05, 3.63) is 35.2 Å². The zero-order valence-electron chi connectivity index (χ0n) is 10.2. The minimum absolute atomic E-state index is 0.216. The van der Waals surface area contributed by atoms with E-state index in [0.717, 1.165) is 16.2 Å². The molecule has 0 aliphatic rings. The first-order chi connectivity index (χ1) is 8.67. The molecule has 94 valence electrons. The molecule has 1 aromatic heterocycles. The molecule has 18 heavy (non-hydrogen) atoms. The number of hydrogen-bond acceptors (Lipinski definition) is 5. The largest absolute Gasteiger partial charge is 0.506 e. The lowest BCUT2D eigenvalue weighted by Gasteiger charge is -2.04. The number of methoxy groups -OCH3 is 1. The third-order valence-corrected chi connectivity index (χ3v) is 3.82. The van der Waals surface area contributed by atoms with E-state index in [1.165, 1.54) is 11.3 Å². The van der Waals surface area contributed by atoms with Crippen molar-refractivity contribution in [2.75, 3.05) is 7.11 Å². The molecule has 0 amide bonds. The normalized spacial score (nSPS) is 12.1. The lowest BCUT2D eigenvalue weighted by Crippen LogP contribution is -1.85. The Hall–Kier alpha value is -1.88. The van der Waals surface area contributed by atoms with Crippen LogP contribution in [0, 0.1) is 5.53 Å². The van der Waals surface area contributed by atoms with E-state index in [0.29, 0.717) is 5.56 Å². The smallest absolute Gasteiger partial charge is 0.139 e. The zero-order chi connectivity index (χ0) is 13.1. The Morgan fingerprint density at radius 3 is 2.56 bits per heavy atom. The van der Waals surface area contributed by atoms with Crippen LogP contribution in [-0.4, -0.2) is 12.2 Å². The molecule has 1 unspecified atom stereocenters. The molecule has 1 heterocycles. The van der Waals surface area contributed by atoms with Gasteiger partial charge in [0.2, 0.25) is 0 Å². The molecule has 0 bridgehead atoms. The number of ether oxygens (including phenoxy) is 1. The summed E-state index contributed by atoms with van der Waals surface area (Å²) in [6.07, 6.45) is 0. The third-order valence-electron chi connectivity index (χ3n) is 2.79. The maximum absolute atomic E-state index is 10.1. The third kappa shape index (κ3) is 2.22. The van der Waals surface area contributed by atoms with Crippen LogP contribution >= 0.6 is 11.3 Å². The van der Waals surface area contributed by atoms with Crippen LogP contribution < -0.4 is 4.74 Å². The number of rotatable bonds is 4. The van der Waals surface area contributed by atoms with Gasteiger partial charge in [-0.25, -0.2) is 5.53 Å². The second-order valence-electron chi connectivity index (χ2n) is 3.90. The van der Waals surface area contributed by atoms with Gasteiger partial charge in [0, 0.05) is 10.9 Å². The Bertz CT molecular complexity index is 549. The SMILES string of the molecule is COc1ccc(-c2scc(C(C)N=N)c2O)cc1. The molecule has 0 aliphatic carbocycles. The summed E-state index contributed by atoms with van der Waals surface area (Å²) in [7, 11) is 1.62. The van der Waals surface area contributed by atoms with Crippen LogP contribution in [0.15, 0.2) is 34.8 Å². The van der Waals surface area contributed by atoms with Gasteiger partial charge in [-0.15, -0.1) is 11.3 Å². The zero-order valence-corrected chi connectivity index (χ0v) is 11.0. The molecular formula is C13H14N2O2S. The van der Waals surface area contributed by atoms with Crippen LogP contribution in [0.1, 0.15) is 18.5 Å². The van der Waals surface area contributed by atoms with Crippen LogP contribution in [0.4, 0.5) is 0 Å². The van der Waals surface area contributed by atoms with Gasteiger partial charge in [0.15, 0.2) is 0 Å². The molecule has 1 aromatic carbocycles.